The van der Waals surface area contributed by atoms with Crippen LogP contribution in [0.15, 0.2) is 91.1 Å². The summed E-state index contributed by atoms with van der Waals surface area (Å²) in [5.41, 5.74) is 9.23. The Balaban J connectivity index is 1.54. The fourth-order valence-corrected chi connectivity index (χ4v) is 4.50. The van der Waals surface area contributed by atoms with Crippen molar-refractivity contribution >= 4 is 28.6 Å². The predicted molar refractivity (Wildman–Crippen MR) is 154 cm³/mol. The van der Waals surface area contributed by atoms with E-state index in [4.69, 9.17) is 5.73 Å². The van der Waals surface area contributed by atoms with Crippen LogP contribution in [0.1, 0.15) is 23.6 Å². The molecule has 0 bridgehead atoms. The van der Waals surface area contributed by atoms with Crippen molar-refractivity contribution in [1.29, 1.82) is 0 Å². The first-order chi connectivity index (χ1) is 19.3. The second-order valence-corrected chi connectivity index (χ2v) is 9.87. The van der Waals surface area contributed by atoms with E-state index in [1.807, 2.05) is 84.9 Å². The van der Waals surface area contributed by atoms with Gasteiger partial charge in [-0.1, -0.05) is 78.9 Å². The molecule has 1 aromatic heterocycles. The molecule has 0 aliphatic carbocycles. The Labute approximate surface area is 233 Å². The number of aliphatic hydroxyl groups is 1. The first-order valence-corrected chi connectivity index (χ1v) is 13.3. The molecule has 4 rings (SSSR count). The van der Waals surface area contributed by atoms with Crippen molar-refractivity contribution in [3.05, 3.63) is 108 Å². The van der Waals surface area contributed by atoms with Crippen LogP contribution in [0, 0.1) is 0 Å². The van der Waals surface area contributed by atoms with E-state index in [2.05, 4.69) is 20.9 Å². The van der Waals surface area contributed by atoms with Gasteiger partial charge in [-0.25, -0.2) is 0 Å². The van der Waals surface area contributed by atoms with Crippen molar-refractivity contribution in [2.45, 2.75) is 50.5 Å². The molecule has 0 radical (unpaired) electrons. The van der Waals surface area contributed by atoms with Gasteiger partial charge in [0.1, 0.15) is 6.04 Å². The third kappa shape index (κ3) is 7.56. The number of H-pyrrole nitrogens is 1. The molecule has 0 spiro atoms. The minimum Gasteiger partial charge on any atom is -0.381 e. The largest absolute Gasteiger partial charge is 0.381 e. The lowest BCUT2D eigenvalue weighted by Gasteiger charge is -2.27. The summed E-state index contributed by atoms with van der Waals surface area (Å²) >= 11 is 0. The average molecular weight is 542 g/mol. The minimum absolute atomic E-state index is 0.183. The highest BCUT2D eigenvalue weighted by molar-refractivity contribution is 5.91. The number of hydrogen-bond donors (Lipinski definition) is 6. The van der Waals surface area contributed by atoms with Gasteiger partial charge in [0.25, 0.3) is 5.91 Å². The van der Waals surface area contributed by atoms with Crippen molar-refractivity contribution in [1.82, 2.24) is 20.9 Å². The predicted octanol–water partition coefficient (Wildman–Crippen LogP) is 1.95. The zero-order valence-corrected chi connectivity index (χ0v) is 22.3. The van der Waals surface area contributed by atoms with Crippen molar-refractivity contribution < 1.29 is 19.5 Å². The van der Waals surface area contributed by atoms with E-state index in [0.717, 1.165) is 27.6 Å². The van der Waals surface area contributed by atoms with Crippen LogP contribution >= 0.6 is 0 Å². The molecule has 4 atom stereocenters. The van der Waals surface area contributed by atoms with Gasteiger partial charge in [-0.05, 0) is 36.1 Å². The minimum atomic E-state index is -1.54. The quantitative estimate of drug-likeness (QED) is 0.162. The Hall–Kier alpha value is -4.47. The number of aliphatic hydroxyl groups excluding tert-OH is 1. The first-order valence-electron chi connectivity index (χ1n) is 13.3. The third-order valence-corrected chi connectivity index (χ3v) is 6.73. The van der Waals surface area contributed by atoms with E-state index in [1.165, 1.54) is 6.92 Å². The van der Waals surface area contributed by atoms with Crippen LogP contribution in [0.3, 0.4) is 0 Å². The number of fused-ring (bicyclic) bond motifs is 1. The van der Waals surface area contributed by atoms with Crippen molar-refractivity contribution in [2.24, 2.45) is 5.73 Å². The highest BCUT2D eigenvalue weighted by atomic mass is 16.3. The van der Waals surface area contributed by atoms with E-state index < -0.39 is 42.0 Å². The molecule has 0 fully saturated rings. The second-order valence-electron chi connectivity index (χ2n) is 9.87. The molecule has 3 aromatic carbocycles. The van der Waals surface area contributed by atoms with E-state index in [0.29, 0.717) is 0 Å². The topological polar surface area (TPSA) is 149 Å². The monoisotopic (exact) mass is 541 g/mol. The highest BCUT2D eigenvalue weighted by Crippen LogP contribution is 2.19. The summed E-state index contributed by atoms with van der Waals surface area (Å²) in [6.45, 7) is 1.77. The maximum atomic E-state index is 13.7. The molecule has 1 unspecified atom stereocenters. The number of amides is 3. The maximum Gasteiger partial charge on any atom is 0.251 e. The van der Waals surface area contributed by atoms with Gasteiger partial charge in [-0.15, -0.1) is 0 Å². The molecule has 0 aliphatic rings. The zero-order chi connectivity index (χ0) is 28.5. The normalized spacial score (nSPS) is 14.1. The molecule has 0 saturated carbocycles. The lowest BCUT2D eigenvalue weighted by molar-refractivity contribution is -0.134. The first kappa shape index (κ1) is 28.5. The third-order valence-electron chi connectivity index (χ3n) is 6.73. The van der Waals surface area contributed by atoms with Gasteiger partial charge in [0.2, 0.25) is 11.8 Å². The molecule has 9 nitrogen and oxygen atoms in total. The van der Waals surface area contributed by atoms with Gasteiger partial charge < -0.3 is 31.8 Å². The summed E-state index contributed by atoms with van der Waals surface area (Å²) in [5.74, 6) is -1.63. The highest BCUT2D eigenvalue weighted by Gasteiger charge is 2.31. The fourth-order valence-electron chi connectivity index (χ4n) is 4.50. The van der Waals surface area contributed by atoms with Crippen LogP contribution in [0.4, 0.5) is 0 Å². The molecule has 7 N–H and O–H groups in total. The Bertz CT molecular complexity index is 1420. The lowest BCUT2D eigenvalue weighted by atomic mass is 9.98. The number of carbonyl (C=O) groups excluding carboxylic acids is 3. The molecule has 4 aromatic rings. The SMILES string of the molecule is C[C@H](N)C(=O)N[C@@H](Cc1c[nH]c2ccccc12)C(=O)N[C@@H](Cc1ccccc1)C(O)C(=O)NCc1ccccc1. The molecule has 0 saturated heterocycles. The summed E-state index contributed by atoms with van der Waals surface area (Å²) in [6.07, 6.45) is 0.651. The summed E-state index contributed by atoms with van der Waals surface area (Å²) in [4.78, 5) is 42.3. The number of aromatic amines is 1. The van der Waals surface area contributed by atoms with Gasteiger partial charge in [0, 0.05) is 30.1 Å². The van der Waals surface area contributed by atoms with Crippen molar-refractivity contribution in [3.8, 4) is 0 Å². The number of rotatable bonds is 12. The summed E-state index contributed by atoms with van der Waals surface area (Å²) < 4.78 is 0. The van der Waals surface area contributed by atoms with Crippen LogP contribution in [-0.4, -0.2) is 52.0 Å². The van der Waals surface area contributed by atoms with E-state index in [-0.39, 0.29) is 19.4 Å². The number of carbonyl (C=O) groups is 3. The van der Waals surface area contributed by atoms with E-state index >= 15 is 0 Å². The van der Waals surface area contributed by atoms with Crippen molar-refractivity contribution in [3.63, 3.8) is 0 Å². The van der Waals surface area contributed by atoms with Gasteiger partial charge in [-0.2, -0.15) is 0 Å². The molecule has 1 heterocycles. The van der Waals surface area contributed by atoms with Gasteiger partial charge in [-0.3, -0.25) is 14.4 Å². The van der Waals surface area contributed by atoms with Gasteiger partial charge in [0.05, 0.1) is 12.1 Å². The van der Waals surface area contributed by atoms with E-state index in [9.17, 15) is 19.5 Å². The smallest absolute Gasteiger partial charge is 0.251 e. The van der Waals surface area contributed by atoms with Crippen molar-refractivity contribution in [2.75, 3.05) is 0 Å². The Morgan fingerprint density at radius 1 is 0.800 bits per heavy atom. The number of nitrogens with one attached hydrogen (secondary N) is 4. The number of para-hydroxylation sites is 1. The van der Waals surface area contributed by atoms with E-state index in [1.54, 1.807) is 6.20 Å². The van der Waals surface area contributed by atoms with Gasteiger partial charge >= 0.3 is 0 Å². The zero-order valence-electron chi connectivity index (χ0n) is 22.3. The molecular weight excluding hydrogens is 506 g/mol. The number of nitrogens with two attached hydrogens (primary N) is 1. The fraction of sp³-hybridized carbons (Fsp3) is 0.258. The molecule has 40 heavy (non-hydrogen) atoms. The molecule has 3 amide bonds. The number of aromatic nitrogens is 1. The maximum absolute atomic E-state index is 13.7. The number of hydrogen-bond acceptors (Lipinski definition) is 5. The number of benzene rings is 3. The molecule has 208 valence electrons. The molecule has 9 heteroatoms. The van der Waals surface area contributed by atoms with Crippen LogP contribution in [-0.2, 0) is 33.8 Å². The summed E-state index contributed by atoms with van der Waals surface area (Å²) in [7, 11) is 0. The molecular formula is C31H35N5O4. The van der Waals surface area contributed by atoms with Gasteiger partial charge in [0.15, 0.2) is 6.10 Å². The Morgan fingerprint density at radius 3 is 2.10 bits per heavy atom. The average Bonchev–Trinajstić information content (AvgIpc) is 3.38. The standard InChI is InChI=1S/C31H35N5O4/c1-20(32)29(38)36-27(17-23-19-33-25-15-9-8-14-24(23)25)30(39)35-26(16-21-10-4-2-5-11-21)28(37)31(40)34-18-22-12-6-3-7-13-22/h2-15,19-20,26-28,33,37H,16-18,32H2,1H3,(H,34,40)(H,35,39)(H,36,38)/t20-,26-,27-,28?/m0/s1. The Morgan fingerprint density at radius 2 is 1.43 bits per heavy atom. The molecule has 0 aliphatic heterocycles. The van der Waals surface area contributed by atoms with Crippen LogP contribution in [0.25, 0.3) is 10.9 Å². The van der Waals surface area contributed by atoms with Crippen LogP contribution in [0.5, 0.6) is 0 Å². The lowest BCUT2D eigenvalue weighted by Crippen LogP contribution is -2.57. The van der Waals surface area contributed by atoms with Crippen LogP contribution in [0.2, 0.25) is 0 Å². The Kier molecular flexibility index (Phi) is 9.66. The van der Waals surface area contributed by atoms with Crippen LogP contribution < -0.4 is 21.7 Å². The second kappa shape index (κ2) is 13.5. The summed E-state index contributed by atoms with van der Waals surface area (Å²) in [6, 6.07) is 23.5. The summed E-state index contributed by atoms with van der Waals surface area (Å²) in [5, 5.41) is 20.3.